The molecule has 1 aromatic heterocycles. The van der Waals surface area contributed by atoms with Gasteiger partial charge in [0.1, 0.15) is 17.3 Å². The Balaban J connectivity index is 1.79. The quantitative estimate of drug-likeness (QED) is 0.837. The summed E-state index contributed by atoms with van der Waals surface area (Å²) in [6.45, 7) is 1.95. The Bertz CT molecular complexity index is 761. The van der Waals surface area contributed by atoms with Crippen LogP contribution >= 0.6 is 11.6 Å². The number of likely N-dealkylation sites (tertiary alicyclic amines) is 1. The molecule has 1 fully saturated rings. The molecule has 1 unspecified atom stereocenters. The molecule has 0 aliphatic carbocycles. The van der Waals surface area contributed by atoms with Crippen LogP contribution in [0.1, 0.15) is 34.9 Å². The Hall–Kier alpha value is -2.18. The van der Waals surface area contributed by atoms with Gasteiger partial charge in [-0.15, -0.1) is 0 Å². The molecule has 26 heavy (non-hydrogen) atoms. The van der Waals surface area contributed by atoms with E-state index in [-0.39, 0.29) is 30.0 Å². The molecule has 0 spiro atoms. The molecule has 5 nitrogen and oxygen atoms in total. The van der Waals surface area contributed by atoms with Crippen LogP contribution in [-0.4, -0.2) is 42.5 Å². The summed E-state index contributed by atoms with van der Waals surface area (Å²) in [5, 5.41) is 3.23. The summed E-state index contributed by atoms with van der Waals surface area (Å²) in [6, 6.07) is 7.57. The number of aromatic nitrogens is 1. The van der Waals surface area contributed by atoms with Crippen molar-refractivity contribution in [2.45, 2.75) is 18.9 Å². The number of halogens is 2. The molecule has 2 heterocycles. The molecule has 2 aromatic rings. The molecule has 1 atom stereocenters. The number of methoxy groups -OCH3 is 1. The fraction of sp³-hybridized carbons (Fsp3) is 0.368. The Kier molecular flexibility index (Phi) is 6.06. The zero-order valence-corrected chi connectivity index (χ0v) is 15.3. The first-order chi connectivity index (χ1) is 12.6. The van der Waals surface area contributed by atoms with Crippen molar-refractivity contribution >= 4 is 17.5 Å². The molecule has 0 bridgehead atoms. The first-order valence-corrected chi connectivity index (χ1v) is 8.94. The monoisotopic (exact) mass is 377 g/mol. The summed E-state index contributed by atoms with van der Waals surface area (Å²) < 4.78 is 19.6. The van der Waals surface area contributed by atoms with E-state index >= 15 is 0 Å². The molecule has 1 amide bonds. The molecule has 1 aromatic carbocycles. The summed E-state index contributed by atoms with van der Waals surface area (Å²) in [4.78, 5) is 18.7. The zero-order valence-electron chi connectivity index (χ0n) is 14.5. The number of amides is 1. The van der Waals surface area contributed by atoms with Gasteiger partial charge in [0.05, 0.1) is 13.2 Å². The molecule has 1 aliphatic heterocycles. The van der Waals surface area contributed by atoms with Crippen molar-refractivity contribution in [1.82, 2.24) is 15.2 Å². The molecule has 1 aliphatic rings. The highest BCUT2D eigenvalue weighted by molar-refractivity contribution is 6.31. The van der Waals surface area contributed by atoms with E-state index in [1.807, 2.05) is 0 Å². The van der Waals surface area contributed by atoms with E-state index in [1.165, 1.54) is 19.4 Å². The lowest BCUT2D eigenvalue weighted by molar-refractivity contribution is 0.0931. The van der Waals surface area contributed by atoms with Gasteiger partial charge in [0.15, 0.2) is 0 Å². The lowest BCUT2D eigenvalue weighted by atomic mass is 10.0. The minimum atomic E-state index is -0.358. The fourth-order valence-corrected chi connectivity index (χ4v) is 3.53. The van der Waals surface area contributed by atoms with Crippen LogP contribution in [0.4, 0.5) is 4.39 Å². The van der Waals surface area contributed by atoms with Gasteiger partial charge in [-0.1, -0.05) is 17.7 Å². The van der Waals surface area contributed by atoms with Crippen LogP contribution in [0.2, 0.25) is 5.02 Å². The van der Waals surface area contributed by atoms with Crippen LogP contribution in [0, 0.1) is 5.82 Å². The van der Waals surface area contributed by atoms with Crippen molar-refractivity contribution in [2.24, 2.45) is 0 Å². The number of hydrogen-bond donors (Lipinski definition) is 1. The van der Waals surface area contributed by atoms with E-state index < -0.39 is 0 Å². The van der Waals surface area contributed by atoms with E-state index in [0.717, 1.165) is 25.9 Å². The van der Waals surface area contributed by atoms with Crippen molar-refractivity contribution in [2.75, 3.05) is 26.7 Å². The highest BCUT2D eigenvalue weighted by atomic mass is 35.5. The van der Waals surface area contributed by atoms with E-state index in [4.69, 9.17) is 16.3 Å². The van der Waals surface area contributed by atoms with Crippen LogP contribution in [0.15, 0.2) is 36.5 Å². The summed E-state index contributed by atoms with van der Waals surface area (Å²) >= 11 is 6.27. The number of benzene rings is 1. The first kappa shape index (κ1) is 18.6. The summed E-state index contributed by atoms with van der Waals surface area (Å²) in [7, 11) is 1.53. The molecular formula is C19H21ClFN3O2. The molecule has 1 saturated heterocycles. The van der Waals surface area contributed by atoms with Crippen molar-refractivity contribution in [3.05, 3.63) is 58.6 Å². The second-order valence-corrected chi connectivity index (χ2v) is 6.59. The third kappa shape index (κ3) is 4.14. The van der Waals surface area contributed by atoms with Gasteiger partial charge in [-0.25, -0.2) is 4.39 Å². The third-order valence-electron chi connectivity index (χ3n) is 4.57. The predicted octanol–water partition coefficient (Wildman–Crippen LogP) is 3.45. The highest BCUT2D eigenvalue weighted by Gasteiger charge is 2.28. The minimum absolute atomic E-state index is 0.248. The minimum Gasteiger partial charge on any atom is -0.497 e. The van der Waals surface area contributed by atoms with E-state index in [1.54, 1.807) is 24.3 Å². The van der Waals surface area contributed by atoms with Crippen LogP contribution in [0.3, 0.4) is 0 Å². The second kappa shape index (κ2) is 8.47. The number of nitrogens with one attached hydrogen (secondary N) is 1. The first-order valence-electron chi connectivity index (χ1n) is 8.56. The van der Waals surface area contributed by atoms with Gasteiger partial charge in [0, 0.05) is 29.4 Å². The average molecular weight is 378 g/mol. The van der Waals surface area contributed by atoms with Crippen LogP contribution < -0.4 is 10.1 Å². The van der Waals surface area contributed by atoms with Crippen molar-refractivity contribution in [3.8, 4) is 5.75 Å². The topological polar surface area (TPSA) is 54.5 Å². The van der Waals surface area contributed by atoms with E-state index in [0.29, 0.717) is 16.3 Å². The number of rotatable bonds is 6. The van der Waals surface area contributed by atoms with E-state index in [2.05, 4.69) is 15.2 Å². The van der Waals surface area contributed by atoms with Gasteiger partial charge in [0.2, 0.25) is 0 Å². The maximum absolute atomic E-state index is 14.4. The molecule has 1 N–H and O–H groups in total. The smallest absolute Gasteiger partial charge is 0.270 e. The van der Waals surface area contributed by atoms with Gasteiger partial charge >= 0.3 is 0 Å². The lowest BCUT2D eigenvalue weighted by Crippen LogP contribution is -2.37. The number of nitrogens with zero attached hydrogens (tertiary/aromatic N) is 2. The SMILES string of the molecule is COc1ccnc(C(=O)NCC(c2c(F)cccc2Cl)N2CCCC2)c1. The number of carbonyl (C=O) groups excluding carboxylic acids is 1. The van der Waals surface area contributed by atoms with Gasteiger partial charge in [-0.2, -0.15) is 0 Å². The maximum Gasteiger partial charge on any atom is 0.270 e. The summed E-state index contributed by atoms with van der Waals surface area (Å²) in [5.41, 5.74) is 0.680. The molecule has 0 radical (unpaired) electrons. The number of hydrogen-bond acceptors (Lipinski definition) is 4. The number of pyridine rings is 1. The van der Waals surface area contributed by atoms with Crippen molar-refractivity contribution < 1.29 is 13.9 Å². The predicted molar refractivity (Wildman–Crippen MR) is 98.1 cm³/mol. The van der Waals surface area contributed by atoms with Gasteiger partial charge in [-0.05, 0) is 44.1 Å². The van der Waals surface area contributed by atoms with Crippen molar-refractivity contribution in [1.29, 1.82) is 0 Å². The summed E-state index contributed by atoms with van der Waals surface area (Å²) in [6.07, 6.45) is 3.61. The van der Waals surface area contributed by atoms with Gasteiger partial charge in [-0.3, -0.25) is 14.7 Å². The van der Waals surface area contributed by atoms with Gasteiger partial charge < -0.3 is 10.1 Å². The van der Waals surface area contributed by atoms with Gasteiger partial charge in [0.25, 0.3) is 5.91 Å². The Morgan fingerprint density at radius 2 is 2.15 bits per heavy atom. The molecule has 0 saturated carbocycles. The average Bonchev–Trinajstić information content (AvgIpc) is 3.18. The third-order valence-corrected chi connectivity index (χ3v) is 4.90. The second-order valence-electron chi connectivity index (χ2n) is 6.19. The lowest BCUT2D eigenvalue weighted by Gasteiger charge is -2.29. The zero-order chi connectivity index (χ0) is 18.5. The Morgan fingerprint density at radius 3 is 2.85 bits per heavy atom. The number of ether oxygens (including phenoxy) is 1. The summed E-state index contributed by atoms with van der Waals surface area (Å²) in [5.74, 6) is -0.137. The van der Waals surface area contributed by atoms with Crippen LogP contribution in [0.25, 0.3) is 0 Å². The number of carbonyl (C=O) groups is 1. The molecule has 7 heteroatoms. The fourth-order valence-electron chi connectivity index (χ4n) is 3.24. The van der Waals surface area contributed by atoms with Crippen LogP contribution in [-0.2, 0) is 0 Å². The largest absolute Gasteiger partial charge is 0.497 e. The van der Waals surface area contributed by atoms with E-state index in [9.17, 15) is 9.18 Å². The molecular weight excluding hydrogens is 357 g/mol. The maximum atomic E-state index is 14.4. The van der Waals surface area contributed by atoms with Crippen molar-refractivity contribution in [3.63, 3.8) is 0 Å². The molecule has 3 rings (SSSR count). The highest BCUT2D eigenvalue weighted by Crippen LogP contribution is 2.32. The standard InChI is InChI=1S/C19H21ClFN3O2/c1-26-13-7-8-22-16(11-13)19(25)23-12-17(24-9-2-3-10-24)18-14(20)5-4-6-15(18)21/h4-8,11,17H,2-3,9-10,12H2,1H3,(H,23,25). The Labute approximate surface area is 157 Å². The Morgan fingerprint density at radius 1 is 1.38 bits per heavy atom. The van der Waals surface area contributed by atoms with Crippen LogP contribution in [0.5, 0.6) is 5.75 Å². The normalized spacial score (nSPS) is 15.7. The molecule has 138 valence electrons.